The maximum absolute atomic E-state index is 14.7. The molecule has 180 valence electrons. The Balaban J connectivity index is 1.55. The van der Waals surface area contributed by atoms with Crippen LogP contribution in [0.5, 0.6) is 5.75 Å². The molecule has 34 heavy (non-hydrogen) atoms. The van der Waals surface area contributed by atoms with Gasteiger partial charge < -0.3 is 24.1 Å². The molecule has 0 bridgehead atoms. The zero-order chi connectivity index (χ0) is 24.4. The van der Waals surface area contributed by atoms with Crippen LogP contribution in [0.15, 0.2) is 30.3 Å². The molecule has 1 aliphatic heterocycles. The van der Waals surface area contributed by atoms with Crippen molar-refractivity contribution >= 4 is 28.5 Å². The molecule has 1 aliphatic rings. The van der Waals surface area contributed by atoms with E-state index in [9.17, 15) is 14.0 Å². The zero-order valence-corrected chi connectivity index (χ0v) is 19.9. The van der Waals surface area contributed by atoms with E-state index < -0.39 is 17.7 Å². The summed E-state index contributed by atoms with van der Waals surface area (Å²) in [7, 11) is 1.79. The Morgan fingerprint density at radius 3 is 2.68 bits per heavy atom. The summed E-state index contributed by atoms with van der Waals surface area (Å²) in [6.45, 7) is 6.84. The van der Waals surface area contributed by atoms with E-state index in [-0.39, 0.29) is 18.3 Å². The van der Waals surface area contributed by atoms with Crippen LogP contribution in [0.1, 0.15) is 51.7 Å². The molecule has 1 amide bonds. The minimum Gasteiger partial charge on any atom is -0.491 e. The third-order valence-electron chi connectivity index (χ3n) is 6.22. The maximum Gasteiger partial charge on any atom is 0.355 e. The first kappa shape index (κ1) is 23.8. The van der Waals surface area contributed by atoms with Gasteiger partial charge >= 0.3 is 5.97 Å². The van der Waals surface area contributed by atoms with Crippen molar-refractivity contribution in [2.75, 3.05) is 25.1 Å². The van der Waals surface area contributed by atoms with Crippen molar-refractivity contribution in [3.8, 4) is 5.75 Å². The molecular formula is C26H29FN2O5. The van der Waals surface area contributed by atoms with E-state index in [1.54, 1.807) is 30.7 Å². The normalized spacial score (nSPS) is 15.5. The van der Waals surface area contributed by atoms with Crippen LogP contribution in [0.3, 0.4) is 0 Å². The molecule has 2 aromatic carbocycles. The lowest BCUT2D eigenvalue weighted by molar-refractivity contribution is 0.0514. The van der Waals surface area contributed by atoms with Crippen molar-refractivity contribution in [1.82, 2.24) is 4.57 Å². The van der Waals surface area contributed by atoms with Gasteiger partial charge in [0.25, 0.3) is 5.91 Å². The Hall–Kier alpha value is -3.39. The van der Waals surface area contributed by atoms with Crippen LogP contribution >= 0.6 is 0 Å². The first-order valence-corrected chi connectivity index (χ1v) is 11.4. The molecule has 0 aliphatic carbocycles. The van der Waals surface area contributed by atoms with Crippen molar-refractivity contribution in [2.45, 2.75) is 39.7 Å². The van der Waals surface area contributed by atoms with Crippen molar-refractivity contribution in [3.05, 3.63) is 58.5 Å². The molecule has 0 radical (unpaired) electrons. The van der Waals surface area contributed by atoms with Crippen LogP contribution < -0.4 is 10.1 Å². The number of carbonyl (C=O) groups excluding carboxylic acids is 2. The highest BCUT2D eigenvalue weighted by molar-refractivity contribution is 6.07. The number of fused-ring (bicyclic) bond motifs is 1. The Labute approximate surface area is 197 Å². The number of amides is 1. The minimum atomic E-state index is -0.666. The number of rotatable bonds is 7. The largest absolute Gasteiger partial charge is 0.491 e. The van der Waals surface area contributed by atoms with Crippen LogP contribution in [0.4, 0.5) is 10.1 Å². The van der Waals surface area contributed by atoms with Gasteiger partial charge in [0.05, 0.1) is 23.8 Å². The first-order chi connectivity index (χ1) is 16.3. The highest BCUT2D eigenvalue weighted by atomic mass is 19.1. The predicted octanol–water partition coefficient (Wildman–Crippen LogP) is 4.92. The molecule has 0 unspecified atom stereocenters. The SMILES string of the molecule is CCOC(=O)c1c(C)c2ccc(NC(=O)c3ccc(OC[C@@H]4CCCO4)cc3F)c(C)c2n1C. The van der Waals surface area contributed by atoms with Gasteiger partial charge in [-0.3, -0.25) is 4.79 Å². The van der Waals surface area contributed by atoms with E-state index in [4.69, 9.17) is 14.2 Å². The topological polar surface area (TPSA) is 78.8 Å². The van der Waals surface area contributed by atoms with Gasteiger partial charge in [0.1, 0.15) is 23.9 Å². The van der Waals surface area contributed by atoms with Gasteiger partial charge in [-0.2, -0.15) is 0 Å². The first-order valence-electron chi connectivity index (χ1n) is 11.4. The van der Waals surface area contributed by atoms with Gasteiger partial charge in [0.2, 0.25) is 0 Å². The monoisotopic (exact) mass is 468 g/mol. The fourth-order valence-electron chi connectivity index (χ4n) is 4.48. The summed E-state index contributed by atoms with van der Waals surface area (Å²) >= 11 is 0. The van der Waals surface area contributed by atoms with Crippen LogP contribution in [-0.2, 0) is 16.5 Å². The smallest absolute Gasteiger partial charge is 0.355 e. The number of nitrogens with zero attached hydrogens (tertiary/aromatic N) is 1. The van der Waals surface area contributed by atoms with Crippen LogP contribution in [-0.4, -0.2) is 42.4 Å². The second-order valence-electron chi connectivity index (χ2n) is 8.43. The van der Waals surface area contributed by atoms with Gasteiger partial charge in [-0.05, 0) is 62.9 Å². The third-order valence-corrected chi connectivity index (χ3v) is 6.22. The van der Waals surface area contributed by atoms with E-state index in [1.165, 1.54) is 12.1 Å². The molecule has 3 aromatic rings. The van der Waals surface area contributed by atoms with Crippen molar-refractivity contribution in [2.24, 2.45) is 7.05 Å². The fourth-order valence-corrected chi connectivity index (χ4v) is 4.48. The number of carbonyl (C=O) groups is 2. The molecule has 0 saturated carbocycles. The van der Waals surface area contributed by atoms with E-state index in [0.29, 0.717) is 23.7 Å². The summed E-state index contributed by atoms with van der Waals surface area (Å²) in [5, 5.41) is 3.69. The zero-order valence-electron chi connectivity index (χ0n) is 19.9. The van der Waals surface area contributed by atoms with Gasteiger partial charge in [-0.25, -0.2) is 9.18 Å². The number of esters is 1. The van der Waals surface area contributed by atoms with Crippen molar-refractivity contribution in [1.29, 1.82) is 0 Å². The fraction of sp³-hybridized carbons (Fsp3) is 0.385. The molecule has 1 atom stereocenters. The Morgan fingerprint density at radius 2 is 2.00 bits per heavy atom. The quantitative estimate of drug-likeness (QED) is 0.498. The Kier molecular flexibility index (Phi) is 6.88. The number of anilines is 1. The summed E-state index contributed by atoms with van der Waals surface area (Å²) in [6, 6.07) is 7.80. The Morgan fingerprint density at radius 1 is 1.21 bits per heavy atom. The molecule has 1 saturated heterocycles. The van der Waals surface area contributed by atoms with Crippen LogP contribution in [0.2, 0.25) is 0 Å². The van der Waals surface area contributed by atoms with E-state index >= 15 is 0 Å². The number of ether oxygens (including phenoxy) is 3. The average Bonchev–Trinajstić information content (AvgIpc) is 3.41. The van der Waals surface area contributed by atoms with Crippen molar-refractivity contribution in [3.63, 3.8) is 0 Å². The highest BCUT2D eigenvalue weighted by Gasteiger charge is 2.22. The molecule has 0 spiro atoms. The summed E-state index contributed by atoms with van der Waals surface area (Å²) in [6.07, 6.45) is 1.95. The summed E-state index contributed by atoms with van der Waals surface area (Å²) in [5.74, 6) is -1.27. The van der Waals surface area contributed by atoms with Gasteiger partial charge in [-0.15, -0.1) is 0 Å². The number of aryl methyl sites for hydroxylation is 3. The second-order valence-corrected chi connectivity index (χ2v) is 8.43. The number of hydrogen-bond donors (Lipinski definition) is 1. The number of aromatic nitrogens is 1. The van der Waals surface area contributed by atoms with E-state index in [0.717, 1.165) is 41.5 Å². The third kappa shape index (κ3) is 4.50. The number of benzene rings is 2. The molecule has 8 heteroatoms. The van der Waals surface area contributed by atoms with Gasteiger partial charge in [0.15, 0.2) is 0 Å². The second kappa shape index (κ2) is 9.85. The number of halogens is 1. The van der Waals surface area contributed by atoms with E-state index in [2.05, 4.69) is 5.32 Å². The van der Waals surface area contributed by atoms with Gasteiger partial charge in [-0.1, -0.05) is 6.07 Å². The van der Waals surface area contributed by atoms with Gasteiger partial charge in [0, 0.05) is 30.8 Å². The lowest BCUT2D eigenvalue weighted by Gasteiger charge is -2.13. The summed E-state index contributed by atoms with van der Waals surface area (Å²) in [5.41, 5.74) is 3.29. The number of hydrogen-bond acceptors (Lipinski definition) is 5. The highest BCUT2D eigenvalue weighted by Crippen LogP contribution is 2.32. The van der Waals surface area contributed by atoms with E-state index in [1.807, 2.05) is 19.9 Å². The lowest BCUT2D eigenvalue weighted by Crippen LogP contribution is -2.17. The summed E-state index contributed by atoms with van der Waals surface area (Å²) < 4.78 is 32.8. The maximum atomic E-state index is 14.7. The Bertz CT molecular complexity index is 1240. The van der Waals surface area contributed by atoms with Crippen molar-refractivity contribution < 1.29 is 28.2 Å². The predicted molar refractivity (Wildman–Crippen MR) is 127 cm³/mol. The standard InChI is InChI=1S/C26H29FN2O5/c1-5-32-26(31)24-15(2)19-10-11-22(16(3)23(19)29(24)4)28-25(30)20-9-8-17(13-21(20)27)34-14-18-7-6-12-33-18/h8-11,13,18H,5-7,12,14H2,1-4H3,(H,28,30)/t18-/m0/s1. The lowest BCUT2D eigenvalue weighted by atomic mass is 10.1. The molecular weight excluding hydrogens is 439 g/mol. The number of nitrogens with one attached hydrogen (secondary N) is 1. The minimum absolute atomic E-state index is 0.0226. The average molecular weight is 469 g/mol. The van der Waals surface area contributed by atoms with Crippen LogP contribution in [0, 0.1) is 19.7 Å². The molecule has 7 nitrogen and oxygen atoms in total. The molecule has 1 N–H and O–H groups in total. The van der Waals surface area contributed by atoms with Crippen LogP contribution in [0.25, 0.3) is 10.9 Å². The molecule has 4 rings (SSSR count). The molecule has 1 aromatic heterocycles. The summed E-state index contributed by atoms with van der Waals surface area (Å²) in [4.78, 5) is 25.3. The molecule has 1 fully saturated rings. The molecule has 2 heterocycles.